The van der Waals surface area contributed by atoms with Crippen LogP contribution >= 0.6 is 0 Å². The fourth-order valence-corrected chi connectivity index (χ4v) is 4.23. The lowest BCUT2D eigenvalue weighted by atomic mass is 9.95. The number of hydrogen-bond acceptors (Lipinski definition) is 6. The number of nitrogens with zero attached hydrogens (tertiary/aromatic N) is 2. The minimum atomic E-state index is -0.965. The first kappa shape index (κ1) is 22.1. The molecule has 3 heterocycles. The van der Waals surface area contributed by atoms with E-state index >= 15 is 0 Å². The predicted octanol–water partition coefficient (Wildman–Crippen LogP) is 4.40. The summed E-state index contributed by atoms with van der Waals surface area (Å²) in [7, 11) is 0. The normalized spacial score (nSPS) is 14.4. The van der Waals surface area contributed by atoms with Gasteiger partial charge >= 0.3 is 0 Å². The molecule has 7 heteroatoms. The number of hydrogen-bond donors (Lipinski definition) is 3. The molecule has 2 aromatic heterocycles. The van der Waals surface area contributed by atoms with Crippen LogP contribution in [0, 0.1) is 0 Å². The fourth-order valence-electron chi connectivity index (χ4n) is 4.23. The van der Waals surface area contributed by atoms with Crippen molar-refractivity contribution >= 4 is 28.0 Å². The lowest BCUT2D eigenvalue weighted by molar-refractivity contribution is 0.0786. The highest BCUT2D eigenvalue weighted by Gasteiger charge is 2.18. The highest BCUT2D eigenvalue weighted by molar-refractivity contribution is 5.95. The third kappa shape index (κ3) is 4.53. The Hall–Kier alpha value is -3.68. The number of benzene rings is 2. The van der Waals surface area contributed by atoms with Gasteiger partial charge in [0.05, 0.1) is 29.9 Å². The van der Waals surface area contributed by atoms with Crippen molar-refractivity contribution in [3.8, 4) is 11.3 Å². The van der Waals surface area contributed by atoms with Gasteiger partial charge in [0, 0.05) is 36.2 Å². The number of rotatable bonds is 5. The molecule has 2 aromatic carbocycles. The summed E-state index contributed by atoms with van der Waals surface area (Å²) in [6.45, 7) is 6.74. The summed E-state index contributed by atoms with van der Waals surface area (Å²) in [5.41, 5.74) is 3.20. The molecule has 0 radical (unpaired) electrons. The van der Waals surface area contributed by atoms with E-state index in [2.05, 4.69) is 27.3 Å². The molecule has 0 bridgehead atoms. The standard InChI is InChI=1S/C27H28N4O3/c1-27(2,33)20-5-3-4-18(16-20)23-17-19-10-11-28-26(32)24(19)25(30-23)29-21-6-8-22(9-7-21)31-12-14-34-15-13-31/h3-11,16-17,33H,12-15H2,1-2H3,(H,28,32)(H,29,30). The van der Waals surface area contributed by atoms with Gasteiger partial charge in [0.2, 0.25) is 0 Å². The first-order valence-corrected chi connectivity index (χ1v) is 11.4. The molecule has 1 aliphatic heterocycles. The Bertz CT molecular complexity index is 1370. The molecular weight excluding hydrogens is 428 g/mol. The fraction of sp³-hybridized carbons (Fsp3) is 0.259. The molecule has 0 saturated carbocycles. The lowest BCUT2D eigenvalue weighted by Crippen LogP contribution is -2.36. The summed E-state index contributed by atoms with van der Waals surface area (Å²) in [6, 6.07) is 19.6. The molecule has 4 aromatic rings. The molecule has 0 atom stereocenters. The van der Waals surface area contributed by atoms with Gasteiger partial charge in [0.15, 0.2) is 0 Å². The molecule has 0 aliphatic carbocycles. The molecule has 1 saturated heterocycles. The summed E-state index contributed by atoms with van der Waals surface area (Å²) < 4.78 is 5.44. The third-order valence-electron chi connectivity index (χ3n) is 6.13. The van der Waals surface area contributed by atoms with Gasteiger partial charge in [-0.2, -0.15) is 0 Å². The minimum absolute atomic E-state index is 0.200. The van der Waals surface area contributed by atoms with E-state index in [1.165, 1.54) is 0 Å². The van der Waals surface area contributed by atoms with Crippen molar-refractivity contribution in [2.45, 2.75) is 19.4 Å². The smallest absolute Gasteiger partial charge is 0.259 e. The SMILES string of the molecule is CC(C)(O)c1cccc(-c2cc3cc[nH]c(=O)c3c(Nc3ccc(N4CCOCC4)cc3)n2)c1. The molecule has 1 fully saturated rings. The van der Waals surface area contributed by atoms with Gasteiger partial charge in [-0.25, -0.2) is 4.98 Å². The maximum Gasteiger partial charge on any atom is 0.259 e. The van der Waals surface area contributed by atoms with Crippen molar-refractivity contribution in [2.24, 2.45) is 0 Å². The minimum Gasteiger partial charge on any atom is -0.386 e. The van der Waals surface area contributed by atoms with Crippen LogP contribution in [0.25, 0.3) is 22.0 Å². The van der Waals surface area contributed by atoms with Gasteiger partial charge in [0.25, 0.3) is 5.56 Å². The Kier molecular flexibility index (Phi) is 5.81. The van der Waals surface area contributed by atoms with E-state index in [1.807, 2.05) is 48.5 Å². The van der Waals surface area contributed by atoms with Crippen molar-refractivity contribution in [2.75, 3.05) is 36.5 Å². The van der Waals surface area contributed by atoms with Crippen LogP contribution in [-0.4, -0.2) is 41.4 Å². The second-order valence-electron chi connectivity index (χ2n) is 9.04. The maximum atomic E-state index is 12.7. The highest BCUT2D eigenvalue weighted by Crippen LogP contribution is 2.30. The van der Waals surface area contributed by atoms with E-state index in [1.54, 1.807) is 20.0 Å². The summed E-state index contributed by atoms with van der Waals surface area (Å²) in [5.74, 6) is 0.488. The zero-order valence-electron chi connectivity index (χ0n) is 19.3. The Morgan fingerprint density at radius 3 is 2.56 bits per heavy atom. The van der Waals surface area contributed by atoms with Gasteiger partial charge in [-0.1, -0.05) is 18.2 Å². The van der Waals surface area contributed by atoms with Crippen LogP contribution in [0.4, 0.5) is 17.2 Å². The Labute approximate surface area is 198 Å². The molecule has 7 nitrogen and oxygen atoms in total. The van der Waals surface area contributed by atoms with E-state index in [9.17, 15) is 9.90 Å². The molecule has 3 N–H and O–H groups in total. The average Bonchev–Trinajstić information content (AvgIpc) is 2.84. The van der Waals surface area contributed by atoms with Gasteiger partial charge in [0.1, 0.15) is 5.82 Å². The first-order chi connectivity index (χ1) is 16.4. The van der Waals surface area contributed by atoms with Crippen LogP contribution < -0.4 is 15.8 Å². The van der Waals surface area contributed by atoms with Crippen molar-refractivity contribution in [1.82, 2.24) is 9.97 Å². The molecule has 1 aliphatic rings. The van der Waals surface area contributed by atoms with Crippen LogP contribution in [0.5, 0.6) is 0 Å². The molecule has 0 spiro atoms. The second-order valence-corrected chi connectivity index (χ2v) is 9.04. The molecule has 34 heavy (non-hydrogen) atoms. The zero-order chi connectivity index (χ0) is 23.7. The molecule has 0 unspecified atom stereocenters. The van der Waals surface area contributed by atoms with E-state index in [0.29, 0.717) is 11.2 Å². The number of pyridine rings is 2. The number of nitrogens with one attached hydrogen (secondary N) is 2. The van der Waals surface area contributed by atoms with Crippen molar-refractivity contribution in [3.63, 3.8) is 0 Å². The maximum absolute atomic E-state index is 12.7. The van der Waals surface area contributed by atoms with E-state index in [-0.39, 0.29) is 5.56 Å². The lowest BCUT2D eigenvalue weighted by Gasteiger charge is -2.28. The Balaban J connectivity index is 1.53. The van der Waals surface area contributed by atoms with Gasteiger partial charge in [-0.05, 0) is 67.3 Å². The van der Waals surface area contributed by atoms with Crippen LogP contribution in [0.3, 0.4) is 0 Å². The predicted molar refractivity (Wildman–Crippen MR) is 136 cm³/mol. The molecule has 174 valence electrons. The van der Waals surface area contributed by atoms with Gasteiger partial charge in [-0.15, -0.1) is 0 Å². The molecular formula is C27H28N4O3. The van der Waals surface area contributed by atoms with Gasteiger partial charge < -0.3 is 25.0 Å². The summed E-state index contributed by atoms with van der Waals surface area (Å²) in [5, 5.41) is 15.1. The first-order valence-electron chi connectivity index (χ1n) is 11.4. The van der Waals surface area contributed by atoms with Gasteiger partial charge in [-0.3, -0.25) is 4.79 Å². The Morgan fingerprint density at radius 1 is 1.06 bits per heavy atom. The topological polar surface area (TPSA) is 90.5 Å². The van der Waals surface area contributed by atoms with E-state index in [0.717, 1.165) is 59.9 Å². The number of morpholine rings is 1. The summed E-state index contributed by atoms with van der Waals surface area (Å²) in [6.07, 6.45) is 1.64. The van der Waals surface area contributed by atoms with Crippen molar-refractivity contribution in [1.29, 1.82) is 0 Å². The number of fused-ring (bicyclic) bond motifs is 1. The second kappa shape index (κ2) is 8.93. The number of aromatic amines is 1. The highest BCUT2D eigenvalue weighted by atomic mass is 16.5. The van der Waals surface area contributed by atoms with Crippen LogP contribution in [0.15, 0.2) is 71.7 Å². The number of anilines is 3. The summed E-state index contributed by atoms with van der Waals surface area (Å²) in [4.78, 5) is 22.6. The number of aromatic nitrogens is 2. The average molecular weight is 457 g/mol. The quantitative estimate of drug-likeness (QED) is 0.413. The molecule has 0 amide bonds. The Morgan fingerprint density at radius 2 is 1.82 bits per heavy atom. The van der Waals surface area contributed by atoms with Crippen molar-refractivity contribution in [3.05, 3.63) is 82.8 Å². The molecule has 5 rings (SSSR count). The monoisotopic (exact) mass is 456 g/mol. The summed E-state index contributed by atoms with van der Waals surface area (Å²) >= 11 is 0. The number of H-pyrrole nitrogens is 1. The largest absolute Gasteiger partial charge is 0.386 e. The van der Waals surface area contributed by atoms with Crippen LogP contribution in [0.2, 0.25) is 0 Å². The van der Waals surface area contributed by atoms with E-state index < -0.39 is 5.60 Å². The van der Waals surface area contributed by atoms with Crippen LogP contribution in [-0.2, 0) is 10.3 Å². The third-order valence-corrected chi connectivity index (χ3v) is 6.13. The zero-order valence-corrected chi connectivity index (χ0v) is 19.3. The van der Waals surface area contributed by atoms with Crippen molar-refractivity contribution < 1.29 is 9.84 Å². The van der Waals surface area contributed by atoms with Crippen LogP contribution in [0.1, 0.15) is 19.4 Å². The number of aliphatic hydroxyl groups is 1. The number of ether oxygens (including phenoxy) is 1. The van der Waals surface area contributed by atoms with E-state index in [4.69, 9.17) is 9.72 Å².